The topological polar surface area (TPSA) is 61.5 Å². The molecule has 0 saturated carbocycles. The lowest BCUT2D eigenvalue weighted by Crippen LogP contribution is -2.17. The van der Waals surface area contributed by atoms with Gasteiger partial charge in [0.25, 0.3) is 0 Å². The highest BCUT2D eigenvalue weighted by molar-refractivity contribution is 6.83. The van der Waals surface area contributed by atoms with Gasteiger partial charge >= 0.3 is 5.97 Å². The Morgan fingerprint density at radius 3 is 2.40 bits per heavy atom. The SMILES string of the molecule is COC(=O)c1cc(OC)c(N)c(C#C[Si](C)(C)C)c1F. The predicted octanol–water partition coefficient (Wildman–Crippen LogP) is 2.43. The van der Waals surface area contributed by atoms with E-state index in [0.29, 0.717) is 0 Å². The molecule has 0 saturated heterocycles. The number of anilines is 1. The van der Waals surface area contributed by atoms with Gasteiger partial charge in [-0.15, -0.1) is 5.54 Å². The van der Waals surface area contributed by atoms with Gasteiger partial charge in [-0.3, -0.25) is 0 Å². The number of hydrogen-bond acceptors (Lipinski definition) is 4. The Hall–Kier alpha value is -2.00. The Morgan fingerprint density at radius 1 is 1.35 bits per heavy atom. The molecular weight excluding hydrogens is 277 g/mol. The van der Waals surface area contributed by atoms with Crippen LogP contribution < -0.4 is 10.5 Å². The number of benzene rings is 1. The summed E-state index contributed by atoms with van der Waals surface area (Å²) in [7, 11) is 0.861. The van der Waals surface area contributed by atoms with E-state index in [-0.39, 0.29) is 22.6 Å². The minimum Gasteiger partial charge on any atom is -0.495 e. The lowest BCUT2D eigenvalue weighted by atomic mass is 10.1. The zero-order valence-corrected chi connectivity index (χ0v) is 13.3. The standard InChI is InChI=1S/C14H18FNO3Si/c1-18-11-8-10(14(17)19-2)12(15)9(13(11)16)6-7-20(3,4)5/h8H,16H2,1-5H3. The molecule has 0 unspecified atom stereocenters. The minimum atomic E-state index is -1.71. The molecule has 0 aliphatic heterocycles. The van der Waals surface area contributed by atoms with Crippen molar-refractivity contribution in [1.82, 2.24) is 0 Å². The Bertz CT molecular complexity index is 597. The number of methoxy groups -OCH3 is 2. The lowest BCUT2D eigenvalue weighted by Gasteiger charge is -2.11. The van der Waals surface area contributed by atoms with E-state index in [1.807, 2.05) is 19.6 Å². The van der Waals surface area contributed by atoms with Crippen molar-refractivity contribution < 1.29 is 18.7 Å². The average Bonchev–Trinajstić information content (AvgIpc) is 2.36. The second kappa shape index (κ2) is 5.97. The largest absolute Gasteiger partial charge is 0.495 e. The van der Waals surface area contributed by atoms with Crippen LogP contribution in [0.3, 0.4) is 0 Å². The molecule has 1 aromatic carbocycles. The van der Waals surface area contributed by atoms with Crippen molar-refractivity contribution >= 4 is 19.7 Å². The van der Waals surface area contributed by atoms with Gasteiger partial charge in [0.1, 0.15) is 19.4 Å². The molecule has 2 N–H and O–H groups in total. The molecule has 0 bridgehead atoms. The van der Waals surface area contributed by atoms with E-state index in [4.69, 9.17) is 10.5 Å². The zero-order valence-electron chi connectivity index (χ0n) is 12.3. The van der Waals surface area contributed by atoms with Crippen LogP contribution in [0.25, 0.3) is 0 Å². The normalized spacial score (nSPS) is 10.5. The quantitative estimate of drug-likeness (QED) is 0.394. The molecule has 0 heterocycles. The third-order valence-electron chi connectivity index (χ3n) is 2.45. The monoisotopic (exact) mass is 295 g/mol. The van der Waals surface area contributed by atoms with Crippen molar-refractivity contribution in [3.8, 4) is 17.2 Å². The molecule has 0 amide bonds. The van der Waals surface area contributed by atoms with Crippen LogP contribution in [0.15, 0.2) is 6.07 Å². The first-order valence-electron chi connectivity index (χ1n) is 5.98. The van der Waals surface area contributed by atoms with Crippen LogP contribution in [0.1, 0.15) is 15.9 Å². The number of halogens is 1. The van der Waals surface area contributed by atoms with Gasteiger partial charge in [-0.05, 0) is 6.07 Å². The Morgan fingerprint density at radius 2 is 1.95 bits per heavy atom. The number of esters is 1. The first-order chi connectivity index (χ1) is 9.21. The average molecular weight is 295 g/mol. The van der Waals surface area contributed by atoms with Crippen LogP contribution in [0.5, 0.6) is 5.75 Å². The molecule has 6 heteroatoms. The molecule has 0 atom stereocenters. The molecule has 0 aliphatic carbocycles. The van der Waals surface area contributed by atoms with Crippen molar-refractivity contribution in [2.24, 2.45) is 0 Å². The van der Waals surface area contributed by atoms with Crippen LogP contribution in [0.2, 0.25) is 19.6 Å². The van der Waals surface area contributed by atoms with Gasteiger partial charge in [-0.25, -0.2) is 9.18 Å². The van der Waals surface area contributed by atoms with Crippen LogP contribution in [0, 0.1) is 17.3 Å². The summed E-state index contributed by atoms with van der Waals surface area (Å²) in [5, 5.41) is 0. The minimum absolute atomic E-state index is 0.0211. The fourth-order valence-corrected chi connectivity index (χ4v) is 1.95. The summed E-state index contributed by atoms with van der Waals surface area (Å²) in [4.78, 5) is 11.6. The van der Waals surface area contributed by atoms with Crippen molar-refractivity contribution in [3.63, 3.8) is 0 Å². The van der Waals surface area contributed by atoms with Gasteiger partial charge in [-0.1, -0.05) is 25.6 Å². The summed E-state index contributed by atoms with van der Waals surface area (Å²) in [6.07, 6.45) is 0. The summed E-state index contributed by atoms with van der Waals surface area (Å²) in [6.45, 7) is 6.07. The molecule has 0 aliphatic rings. The highest BCUT2D eigenvalue weighted by Gasteiger charge is 2.21. The maximum Gasteiger partial charge on any atom is 0.341 e. The molecular formula is C14H18FNO3Si. The van der Waals surface area contributed by atoms with Crippen LogP contribution in [0.4, 0.5) is 10.1 Å². The Labute approximate surface area is 119 Å². The van der Waals surface area contributed by atoms with Crippen molar-refractivity contribution in [2.45, 2.75) is 19.6 Å². The van der Waals surface area contributed by atoms with Gasteiger partial charge in [0.2, 0.25) is 0 Å². The Kier molecular flexibility index (Phi) is 4.79. The number of ether oxygens (including phenoxy) is 2. The van der Waals surface area contributed by atoms with E-state index in [1.165, 1.54) is 20.3 Å². The molecule has 0 aromatic heterocycles. The number of rotatable bonds is 2. The van der Waals surface area contributed by atoms with E-state index in [1.54, 1.807) is 0 Å². The fourth-order valence-electron chi connectivity index (χ4n) is 1.45. The number of carbonyl (C=O) groups is 1. The maximum absolute atomic E-state index is 14.3. The van der Waals surface area contributed by atoms with Gasteiger partial charge in [-0.2, -0.15) is 0 Å². The molecule has 1 aromatic rings. The first-order valence-corrected chi connectivity index (χ1v) is 9.48. The molecule has 0 spiro atoms. The van der Waals surface area contributed by atoms with Gasteiger partial charge in [0.05, 0.1) is 25.5 Å². The summed E-state index contributed by atoms with van der Waals surface area (Å²) in [5.74, 6) is 1.37. The van der Waals surface area contributed by atoms with E-state index in [0.717, 1.165) is 0 Å². The highest BCUT2D eigenvalue weighted by atomic mass is 28.3. The van der Waals surface area contributed by atoms with Gasteiger partial charge < -0.3 is 15.2 Å². The third-order valence-corrected chi connectivity index (χ3v) is 3.33. The van der Waals surface area contributed by atoms with Crippen LogP contribution in [-0.4, -0.2) is 28.3 Å². The van der Waals surface area contributed by atoms with E-state index < -0.39 is 19.9 Å². The van der Waals surface area contributed by atoms with Crippen LogP contribution in [-0.2, 0) is 4.74 Å². The number of hydrogen-bond donors (Lipinski definition) is 1. The zero-order chi connectivity index (χ0) is 15.5. The third kappa shape index (κ3) is 3.51. The van der Waals surface area contributed by atoms with Crippen LogP contribution >= 0.6 is 0 Å². The fraction of sp³-hybridized carbons (Fsp3) is 0.357. The van der Waals surface area contributed by atoms with Crippen molar-refractivity contribution in [2.75, 3.05) is 20.0 Å². The maximum atomic E-state index is 14.3. The molecule has 0 fully saturated rings. The summed E-state index contributed by atoms with van der Waals surface area (Å²) < 4.78 is 23.9. The summed E-state index contributed by atoms with van der Waals surface area (Å²) >= 11 is 0. The smallest absolute Gasteiger partial charge is 0.341 e. The second-order valence-electron chi connectivity index (χ2n) is 5.22. The van der Waals surface area contributed by atoms with Crippen molar-refractivity contribution in [3.05, 3.63) is 23.0 Å². The number of nitrogen functional groups attached to an aromatic ring is 1. The van der Waals surface area contributed by atoms with Gasteiger partial charge in [0, 0.05) is 0 Å². The summed E-state index contributed by atoms with van der Waals surface area (Å²) in [6, 6.07) is 1.22. The molecule has 20 heavy (non-hydrogen) atoms. The molecule has 1 rings (SSSR count). The van der Waals surface area contributed by atoms with E-state index >= 15 is 0 Å². The summed E-state index contributed by atoms with van der Waals surface area (Å²) in [5.41, 5.74) is 8.67. The predicted molar refractivity (Wildman–Crippen MR) is 78.9 cm³/mol. The molecule has 4 nitrogen and oxygen atoms in total. The van der Waals surface area contributed by atoms with Gasteiger partial charge in [0.15, 0.2) is 5.82 Å². The Balaban J connectivity index is 3.56. The van der Waals surface area contributed by atoms with Crippen molar-refractivity contribution in [1.29, 1.82) is 0 Å². The molecule has 0 radical (unpaired) electrons. The first kappa shape index (κ1) is 16.1. The lowest BCUT2D eigenvalue weighted by molar-refractivity contribution is 0.0595. The number of nitrogens with two attached hydrogens (primary N) is 1. The molecule has 108 valence electrons. The highest BCUT2D eigenvalue weighted by Crippen LogP contribution is 2.30. The van der Waals surface area contributed by atoms with E-state index in [9.17, 15) is 9.18 Å². The van der Waals surface area contributed by atoms with E-state index in [2.05, 4.69) is 16.2 Å². The number of carbonyl (C=O) groups excluding carboxylic acids is 1. The second-order valence-corrected chi connectivity index (χ2v) is 9.97.